The third-order valence-electron chi connectivity index (χ3n) is 5.39. The molecule has 5 rings (SSSR count). The monoisotopic (exact) mass is 462 g/mol. The van der Waals surface area contributed by atoms with Gasteiger partial charge in [0.1, 0.15) is 0 Å². The van der Waals surface area contributed by atoms with E-state index in [-0.39, 0.29) is 18.4 Å². The van der Waals surface area contributed by atoms with E-state index in [9.17, 15) is 14.9 Å². The number of carbonyl (C=O) groups is 1. The first kappa shape index (κ1) is 20.7. The minimum atomic E-state index is -0.457. The van der Waals surface area contributed by atoms with E-state index >= 15 is 0 Å². The quantitative estimate of drug-likeness (QED) is 0.263. The summed E-state index contributed by atoms with van der Waals surface area (Å²) >= 11 is 1.25. The highest BCUT2D eigenvalue weighted by molar-refractivity contribution is 7.20. The number of nitrogens with zero attached hydrogens (tertiary/aromatic N) is 3. The maximum atomic E-state index is 12.5. The molecule has 9 nitrogen and oxygen atoms in total. The van der Waals surface area contributed by atoms with Crippen LogP contribution in [0.3, 0.4) is 0 Å². The fourth-order valence-corrected chi connectivity index (χ4v) is 4.74. The zero-order valence-electron chi connectivity index (χ0n) is 17.7. The smallest absolute Gasteiger partial charge is 0.281 e. The van der Waals surface area contributed by atoms with Gasteiger partial charge in [0, 0.05) is 50.9 Å². The van der Waals surface area contributed by atoms with Crippen LogP contribution in [0.4, 0.5) is 5.69 Å². The molecule has 0 radical (unpaired) electrons. The molecule has 0 bridgehead atoms. The van der Waals surface area contributed by atoms with Crippen molar-refractivity contribution in [3.8, 4) is 17.2 Å². The Labute approximate surface area is 192 Å². The van der Waals surface area contributed by atoms with E-state index in [4.69, 9.17) is 9.47 Å². The van der Waals surface area contributed by atoms with Crippen LogP contribution in [0.1, 0.15) is 26.6 Å². The van der Waals surface area contributed by atoms with Crippen molar-refractivity contribution in [1.82, 2.24) is 9.99 Å². The number of nitro benzene ring substituents is 1. The summed E-state index contributed by atoms with van der Waals surface area (Å²) in [5.41, 5.74) is 6.29. The lowest BCUT2D eigenvalue weighted by atomic mass is 10.2. The minimum Gasteiger partial charge on any atom is -0.454 e. The second-order valence-electron chi connectivity index (χ2n) is 7.49. The summed E-state index contributed by atoms with van der Waals surface area (Å²) in [6, 6.07) is 13.9. The molecule has 0 saturated heterocycles. The molecule has 2 aromatic carbocycles. The number of aromatic nitrogens is 1. The van der Waals surface area contributed by atoms with Gasteiger partial charge in [-0.05, 0) is 44.2 Å². The Balaban J connectivity index is 1.34. The fourth-order valence-electron chi connectivity index (χ4n) is 3.81. The van der Waals surface area contributed by atoms with Gasteiger partial charge in [0.15, 0.2) is 11.5 Å². The lowest BCUT2D eigenvalue weighted by Gasteiger charge is -2.10. The average Bonchev–Trinajstić information content (AvgIpc) is 3.50. The van der Waals surface area contributed by atoms with Crippen LogP contribution in [0, 0.1) is 24.0 Å². The molecule has 0 aliphatic carbocycles. The topological polar surface area (TPSA) is 108 Å². The number of nitrogens with one attached hydrogen (secondary N) is 1. The van der Waals surface area contributed by atoms with Crippen LogP contribution in [-0.2, 0) is 0 Å². The van der Waals surface area contributed by atoms with E-state index in [0.717, 1.165) is 33.1 Å². The van der Waals surface area contributed by atoms with Crippen LogP contribution in [0.25, 0.3) is 15.8 Å². The van der Waals surface area contributed by atoms with Crippen molar-refractivity contribution in [1.29, 1.82) is 0 Å². The van der Waals surface area contributed by atoms with Crippen molar-refractivity contribution < 1.29 is 19.2 Å². The van der Waals surface area contributed by atoms with Gasteiger partial charge in [-0.3, -0.25) is 14.9 Å². The number of amides is 1. The summed E-state index contributed by atoms with van der Waals surface area (Å²) < 4.78 is 13.7. The molecule has 2 aromatic heterocycles. The van der Waals surface area contributed by atoms with E-state index in [2.05, 4.69) is 15.1 Å². The predicted molar refractivity (Wildman–Crippen MR) is 125 cm³/mol. The van der Waals surface area contributed by atoms with Gasteiger partial charge in [-0.15, -0.1) is 11.3 Å². The van der Waals surface area contributed by atoms with Crippen LogP contribution in [0.5, 0.6) is 11.5 Å². The molecule has 0 atom stereocenters. The lowest BCUT2D eigenvalue weighted by Crippen LogP contribution is -2.16. The Hall–Kier alpha value is -4.18. The van der Waals surface area contributed by atoms with Crippen LogP contribution in [0.2, 0.25) is 0 Å². The van der Waals surface area contributed by atoms with E-state index < -0.39 is 4.92 Å². The van der Waals surface area contributed by atoms with Crippen LogP contribution in [0.15, 0.2) is 53.6 Å². The molecular formula is C23H18N4O5S. The zero-order valence-corrected chi connectivity index (χ0v) is 18.5. The molecule has 0 saturated carbocycles. The van der Waals surface area contributed by atoms with Gasteiger partial charge < -0.3 is 14.0 Å². The van der Waals surface area contributed by atoms with Crippen LogP contribution >= 0.6 is 11.3 Å². The van der Waals surface area contributed by atoms with Crippen molar-refractivity contribution in [3.05, 3.63) is 80.5 Å². The van der Waals surface area contributed by atoms with Gasteiger partial charge in [0.05, 0.1) is 16.0 Å². The molecule has 3 heterocycles. The van der Waals surface area contributed by atoms with E-state index in [0.29, 0.717) is 16.0 Å². The average molecular weight is 462 g/mol. The number of hydrogen-bond acceptors (Lipinski definition) is 7. The van der Waals surface area contributed by atoms with Gasteiger partial charge in [0.25, 0.3) is 11.6 Å². The number of ether oxygens (including phenoxy) is 2. The first-order valence-electron chi connectivity index (χ1n) is 10.0. The second-order valence-corrected chi connectivity index (χ2v) is 8.57. The van der Waals surface area contributed by atoms with E-state index in [1.165, 1.54) is 23.5 Å². The SMILES string of the molecule is Cc1cc(C=NNC(=O)c2cc3cc([N+](=O)[O-])ccc3s2)c(C)n1-c1ccc2c(c1)OCO2. The summed E-state index contributed by atoms with van der Waals surface area (Å²) in [6.07, 6.45) is 1.60. The maximum Gasteiger partial charge on any atom is 0.281 e. The van der Waals surface area contributed by atoms with Crippen molar-refractivity contribution in [3.63, 3.8) is 0 Å². The number of thiophene rings is 1. The van der Waals surface area contributed by atoms with E-state index in [1.807, 2.05) is 38.1 Å². The molecule has 1 N–H and O–H groups in total. The molecule has 33 heavy (non-hydrogen) atoms. The molecule has 0 fully saturated rings. The van der Waals surface area contributed by atoms with Crippen molar-refractivity contribution in [2.75, 3.05) is 6.79 Å². The third-order valence-corrected chi connectivity index (χ3v) is 6.50. The zero-order chi connectivity index (χ0) is 23.1. The first-order chi connectivity index (χ1) is 15.9. The van der Waals surface area contributed by atoms with Gasteiger partial charge in [-0.1, -0.05) is 0 Å². The number of aryl methyl sites for hydroxylation is 1. The molecule has 1 amide bonds. The van der Waals surface area contributed by atoms with Crippen molar-refractivity contribution in [2.24, 2.45) is 5.10 Å². The summed E-state index contributed by atoms with van der Waals surface area (Å²) in [6.45, 7) is 4.18. The molecule has 0 spiro atoms. The molecule has 1 aliphatic rings. The molecule has 4 aromatic rings. The minimum absolute atomic E-state index is 0.0110. The number of rotatable bonds is 5. The predicted octanol–water partition coefficient (Wildman–Crippen LogP) is 4.71. The summed E-state index contributed by atoms with van der Waals surface area (Å²) in [5.74, 6) is 1.05. The number of carbonyl (C=O) groups excluding carboxylic acids is 1. The number of hydrazone groups is 1. The maximum absolute atomic E-state index is 12.5. The largest absolute Gasteiger partial charge is 0.454 e. The fraction of sp³-hybridized carbons (Fsp3) is 0.130. The highest BCUT2D eigenvalue weighted by Gasteiger charge is 2.17. The number of benzene rings is 2. The second kappa shape index (κ2) is 8.06. The highest BCUT2D eigenvalue weighted by atomic mass is 32.1. The Morgan fingerprint density at radius 1 is 1.15 bits per heavy atom. The number of fused-ring (bicyclic) bond motifs is 2. The van der Waals surface area contributed by atoms with Crippen LogP contribution in [-0.4, -0.2) is 28.4 Å². The Kier molecular flexibility index (Phi) is 5.06. The number of hydrogen-bond donors (Lipinski definition) is 1. The molecule has 10 heteroatoms. The summed E-state index contributed by atoms with van der Waals surface area (Å²) in [4.78, 5) is 23.5. The Bertz CT molecular complexity index is 1450. The van der Waals surface area contributed by atoms with Crippen LogP contribution < -0.4 is 14.9 Å². The molecule has 0 unspecified atom stereocenters. The first-order valence-corrected chi connectivity index (χ1v) is 10.8. The summed E-state index contributed by atoms with van der Waals surface area (Å²) in [5, 5.41) is 15.7. The normalized spacial score (nSPS) is 12.5. The van der Waals surface area contributed by atoms with Gasteiger partial charge in [0.2, 0.25) is 6.79 Å². The van der Waals surface area contributed by atoms with Crippen molar-refractivity contribution in [2.45, 2.75) is 13.8 Å². The van der Waals surface area contributed by atoms with Crippen molar-refractivity contribution >= 4 is 39.2 Å². The van der Waals surface area contributed by atoms with Gasteiger partial charge in [-0.2, -0.15) is 5.10 Å². The number of nitro groups is 1. The molecule has 1 aliphatic heterocycles. The van der Waals surface area contributed by atoms with Gasteiger partial charge in [-0.25, -0.2) is 5.43 Å². The standard InChI is InChI=1S/C23H18N4O5S/c1-13-7-16(14(2)26(13)17-3-5-19-20(10-17)32-12-31-19)11-24-25-23(28)22-9-15-8-18(27(29)30)4-6-21(15)33-22/h3-11H,12H2,1-2H3,(H,25,28). The Morgan fingerprint density at radius 3 is 2.79 bits per heavy atom. The molecule has 166 valence electrons. The summed E-state index contributed by atoms with van der Waals surface area (Å²) in [7, 11) is 0. The molecular weight excluding hydrogens is 444 g/mol. The van der Waals surface area contributed by atoms with E-state index in [1.54, 1.807) is 18.3 Å². The van der Waals surface area contributed by atoms with Gasteiger partial charge >= 0.3 is 0 Å². The lowest BCUT2D eigenvalue weighted by molar-refractivity contribution is -0.384. The highest BCUT2D eigenvalue weighted by Crippen LogP contribution is 2.35. The third kappa shape index (κ3) is 3.80. The Morgan fingerprint density at radius 2 is 1.97 bits per heavy atom. The number of non-ortho nitro benzene ring substituents is 1.